The normalized spacial score (nSPS) is 27.1. The number of aliphatic hydroxyl groups excluding tert-OH is 1. The van der Waals surface area contributed by atoms with Gasteiger partial charge in [-0.15, -0.1) is 0 Å². The van der Waals surface area contributed by atoms with Crippen LogP contribution >= 0.6 is 11.6 Å². The fraction of sp³-hybridized carbons (Fsp3) is 0.692. The number of halogens is 1. The molecule has 3 N–H and O–H groups in total. The number of hydrogen-bond acceptors (Lipinski definition) is 5. The van der Waals surface area contributed by atoms with E-state index >= 15 is 0 Å². The highest BCUT2D eigenvalue weighted by atomic mass is 35.5. The van der Waals surface area contributed by atoms with Gasteiger partial charge in [0.25, 0.3) is 0 Å². The molecule has 0 aromatic carbocycles. The van der Waals surface area contributed by atoms with Gasteiger partial charge in [-0.3, -0.25) is 0 Å². The van der Waals surface area contributed by atoms with E-state index in [1.807, 2.05) is 0 Å². The van der Waals surface area contributed by atoms with Crippen molar-refractivity contribution in [2.75, 3.05) is 24.3 Å². The highest BCUT2D eigenvalue weighted by molar-refractivity contribution is 6.32. The second-order valence-electron chi connectivity index (χ2n) is 5.39. The summed E-state index contributed by atoms with van der Waals surface area (Å²) in [5.41, 5.74) is -0.310. The molecule has 1 aromatic rings. The molecule has 0 saturated heterocycles. The van der Waals surface area contributed by atoms with Gasteiger partial charge in [0, 0.05) is 7.05 Å². The molecule has 5 nitrogen and oxygen atoms in total. The van der Waals surface area contributed by atoms with Crippen molar-refractivity contribution >= 4 is 23.4 Å². The van der Waals surface area contributed by atoms with Gasteiger partial charge in [-0.2, -0.15) is 4.98 Å². The van der Waals surface area contributed by atoms with Gasteiger partial charge >= 0.3 is 0 Å². The second-order valence-corrected chi connectivity index (χ2v) is 5.79. The van der Waals surface area contributed by atoms with Crippen LogP contribution in [0.3, 0.4) is 0 Å². The lowest BCUT2D eigenvalue weighted by Gasteiger charge is -2.39. The number of aromatic nitrogens is 2. The lowest BCUT2D eigenvalue weighted by molar-refractivity contribution is 0.155. The van der Waals surface area contributed by atoms with Crippen molar-refractivity contribution in [3.8, 4) is 0 Å². The number of nitrogens with one attached hydrogen (secondary N) is 2. The lowest BCUT2D eigenvalue weighted by Crippen LogP contribution is -2.45. The predicted molar refractivity (Wildman–Crippen MR) is 77.7 cm³/mol. The summed E-state index contributed by atoms with van der Waals surface area (Å²) in [7, 11) is 1.76. The largest absolute Gasteiger partial charge is 0.394 e. The third-order valence-electron chi connectivity index (χ3n) is 3.89. The minimum atomic E-state index is -0.310. The first-order chi connectivity index (χ1) is 9.08. The highest BCUT2D eigenvalue weighted by Gasteiger charge is 2.34. The van der Waals surface area contributed by atoms with Gasteiger partial charge < -0.3 is 15.7 Å². The molecule has 1 aliphatic carbocycles. The summed E-state index contributed by atoms with van der Waals surface area (Å²) in [6.07, 6.45) is 5.64. The van der Waals surface area contributed by atoms with Crippen LogP contribution in [0.25, 0.3) is 0 Å². The van der Waals surface area contributed by atoms with Crippen molar-refractivity contribution in [3.05, 3.63) is 11.2 Å². The number of aliphatic hydroxyl groups is 1. The quantitative estimate of drug-likeness (QED) is 0.793. The minimum Gasteiger partial charge on any atom is -0.394 e. The van der Waals surface area contributed by atoms with Gasteiger partial charge in [-0.1, -0.05) is 18.5 Å². The van der Waals surface area contributed by atoms with E-state index in [0.717, 1.165) is 31.6 Å². The Bertz CT molecular complexity index is 433. The Morgan fingerprint density at radius 2 is 2.16 bits per heavy atom. The number of rotatable bonds is 4. The van der Waals surface area contributed by atoms with E-state index in [1.54, 1.807) is 13.2 Å². The number of nitrogens with zero attached hydrogens (tertiary/aromatic N) is 2. The van der Waals surface area contributed by atoms with Crippen molar-refractivity contribution in [2.24, 2.45) is 5.92 Å². The van der Waals surface area contributed by atoms with Crippen LogP contribution in [0.5, 0.6) is 0 Å². The Balaban J connectivity index is 2.18. The van der Waals surface area contributed by atoms with E-state index in [1.165, 1.54) is 0 Å². The zero-order chi connectivity index (χ0) is 13.9. The molecular weight excluding hydrogens is 264 g/mol. The zero-order valence-electron chi connectivity index (χ0n) is 11.4. The van der Waals surface area contributed by atoms with Gasteiger partial charge in [0.05, 0.1) is 18.3 Å². The van der Waals surface area contributed by atoms with Crippen molar-refractivity contribution in [2.45, 2.75) is 38.1 Å². The van der Waals surface area contributed by atoms with Crippen LogP contribution in [-0.4, -0.2) is 34.3 Å². The van der Waals surface area contributed by atoms with E-state index in [4.69, 9.17) is 11.6 Å². The maximum atomic E-state index is 9.74. The van der Waals surface area contributed by atoms with E-state index in [2.05, 4.69) is 27.5 Å². The highest BCUT2D eigenvalue weighted by Crippen LogP contribution is 2.35. The average molecular weight is 285 g/mol. The lowest BCUT2D eigenvalue weighted by atomic mass is 9.77. The molecule has 0 bridgehead atoms. The molecular formula is C13H21ClN4O. The molecule has 106 valence electrons. The van der Waals surface area contributed by atoms with Crippen molar-refractivity contribution in [1.29, 1.82) is 0 Å². The fourth-order valence-electron chi connectivity index (χ4n) is 2.46. The Kier molecular flexibility index (Phi) is 4.47. The molecule has 19 heavy (non-hydrogen) atoms. The van der Waals surface area contributed by atoms with Crippen LogP contribution in [0.1, 0.15) is 32.6 Å². The van der Waals surface area contributed by atoms with Gasteiger partial charge in [-0.05, 0) is 31.6 Å². The second kappa shape index (κ2) is 5.92. The summed E-state index contributed by atoms with van der Waals surface area (Å²) in [4.78, 5) is 8.37. The Morgan fingerprint density at radius 3 is 2.74 bits per heavy atom. The first kappa shape index (κ1) is 14.3. The summed E-state index contributed by atoms with van der Waals surface area (Å²) < 4.78 is 0. The molecule has 0 radical (unpaired) electrons. The summed E-state index contributed by atoms with van der Waals surface area (Å²) in [6.45, 7) is 2.34. The van der Waals surface area contributed by atoms with E-state index in [9.17, 15) is 5.11 Å². The van der Waals surface area contributed by atoms with Crippen LogP contribution in [0.2, 0.25) is 5.02 Å². The van der Waals surface area contributed by atoms with Gasteiger partial charge in [-0.25, -0.2) is 4.98 Å². The maximum absolute atomic E-state index is 9.74. The Morgan fingerprint density at radius 1 is 1.47 bits per heavy atom. The van der Waals surface area contributed by atoms with Crippen molar-refractivity contribution in [1.82, 2.24) is 9.97 Å². The van der Waals surface area contributed by atoms with Crippen LogP contribution in [-0.2, 0) is 0 Å². The fourth-order valence-corrected chi connectivity index (χ4v) is 2.60. The topological polar surface area (TPSA) is 70.1 Å². The van der Waals surface area contributed by atoms with Gasteiger partial charge in [0.2, 0.25) is 5.95 Å². The van der Waals surface area contributed by atoms with Crippen molar-refractivity contribution < 1.29 is 5.11 Å². The molecule has 1 saturated carbocycles. The molecule has 0 spiro atoms. The molecule has 1 heterocycles. The monoisotopic (exact) mass is 284 g/mol. The van der Waals surface area contributed by atoms with Crippen LogP contribution < -0.4 is 10.6 Å². The predicted octanol–water partition coefficient (Wildman–Crippen LogP) is 2.52. The first-order valence-corrected chi connectivity index (χ1v) is 7.06. The molecule has 0 unspecified atom stereocenters. The molecule has 6 heteroatoms. The van der Waals surface area contributed by atoms with E-state index in [0.29, 0.717) is 16.8 Å². The summed E-state index contributed by atoms with van der Waals surface area (Å²) in [5.74, 6) is 1.82. The summed E-state index contributed by atoms with van der Waals surface area (Å²) >= 11 is 6.12. The molecule has 0 aliphatic heterocycles. The molecule has 1 aliphatic rings. The summed E-state index contributed by atoms with van der Waals surface area (Å²) in [5, 5.41) is 16.4. The Labute approximate surface area is 118 Å². The minimum absolute atomic E-state index is 0.0922. The number of hydrogen-bond donors (Lipinski definition) is 3. The maximum Gasteiger partial charge on any atom is 0.224 e. The standard InChI is InChI=1S/C13H21ClN4O/c1-9-3-5-13(8-19,6-4-9)18-11-10(14)7-16-12(15-2)17-11/h7,9,19H,3-6,8H2,1-2H3,(H2,15,16,17,18). The third kappa shape index (κ3) is 3.28. The average Bonchev–Trinajstić information content (AvgIpc) is 2.44. The van der Waals surface area contributed by atoms with Crippen molar-refractivity contribution in [3.63, 3.8) is 0 Å². The smallest absolute Gasteiger partial charge is 0.224 e. The van der Waals surface area contributed by atoms with Gasteiger partial charge in [0.15, 0.2) is 5.82 Å². The molecule has 1 fully saturated rings. The van der Waals surface area contributed by atoms with E-state index < -0.39 is 0 Å². The van der Waals surface area contributed by atoms with Gasteiger partial charge in [0.1, 0.15) is 5.02 Å². The SMILES string of the molecule is CNc1ncc(Cl)c(NC2(CO)CCC(C)CC2)n1. The molecule has 2 rings (SSSR count). The summed E-state index contributed by atoms with van der Waals surface area (Å²) in [6, 6.07) is 0. The van der Waals surface area contributed by atoms with E-state index in [-0.39, 0.29) is 12.1 Å². The molecule has 1 aromatic heterocycles. The molecule has 0 atom stereocenters. The van der Waals surface area contributed by atoms with Crippen LogP contribution in [0, 0.1) is 5.92 Å². The zero-order valence-corrected chi connectivity index (χ0v) is 12.2. The Hall–Kier alpha value is -1.07. The van der Waals surface area contributed by atoms with Crippen LogP contribution in [0.4, 0.5) is 11.8 Å². The number of anilines is 2. The van der Waals surface area contributed by atoms with Crippen LogP contribution in [0.15, 0.2) is 6.20 Å². The molecule has 0 amide bonds. The first-order valence-electron chi connectivity index (χ1n) is 6.68. The third-order valence-corrected chi connectivity index (χ3v) is 4.16.